The average Bonchev–Trinajstić information content (AvgIpc) is 2.61. The second-order valence-electron chi connectivity index (χ2n) is 7.06. The number of likely N-dealkylation sites (tertiary alicyclic amines) is 1. The molecule has 0 bridgehead atoms. The first-order valence-corrected chi connectivity index (χ1v) is 8.62. The fourth-order valence-electron chi connectivity index (χ4n) is 4.26. The summed E-state index contributed by atoms with van der Waals surface area (Å²) in [4.78, 5) is 2.84. The molecule has 1 N–H and O–H groups in total. The molecule has 0 radical (unpaired) electrons. The molecular formula is C17H34N2. The lowest BCUT2D eigenvalue weighted by Gasteiger charge is -2.46. The van der Waals surface area contributed by atoms with Crippen LogP contribution < -0.4 is 5.32 Å². The first kappa shape index (κ1) is 15.3. The van der Waals surface area contributed by atoms with Gasteiger partial charge in [-0.3, -0.25) is 4.90 Å². The topological polar surface area (TPSA) is 15.3 Å². The van der Waals surface area contributed by atoms with Gasteiger partial charge in [0.1, 0.15) is 0 Å². The summed E-state index contributed by atoms with van der Waals surface area (Å²) in [7, 11) is 0. The number of nitrogens with zero attached hydrogens (tertiary/aromatic N) is 1. The Morgan fingerprint density at radius 3 is 2.53 bits per heavy atom. The molecule has 2 aliphatic rings. The third kappa shape index (κ3) is 3.72. The van der Waals surface area contributed by atoms with E-state index in [0.717, 1.165) is 36.5 Å². The van der Waals surface area contributed by atoms with Crippen LogP contribution in [0.1, 0.15) is 66.2 Å². The zero-order valence-corrected chi connectivity index (χ0v) is 13.5. The van der Waals surface area contributed by atoms with E-state index in [1.54, 1.807) is 0 Å². The molecule has 0 amide bonds. The van der Waals surface area contributed by atoms with Gasteiger partial charge in [0, 0.05) is 24.7 Å². The SMILES string of the molecule is CCNC1CCN(C2CCCC(C)CC2)C(C)C1C. The second kappa shape index (κ2) is 7.08. The van der Waals surface area contributed by atoms with E-state index in [4.69, 9.17) is 0 Å². The molecule has 112 valence electrons. The van der Waals surface area contributed by atoms with E-state index in [0.29, 0.717) is 0 Å². The van der Waals surface area contributed by atoms with E-state index in [-0.39, 0.29) is 0 Å². The number of hydrogen-bond donors (Lipinski definition) is 1. The fraction of sp³-hybridized carbons (Fsp3) is 1.00. The predicted octanol–water partition coefficient (Wildman–Crippen LogP) is 3.66. The highest BCUT2D eigenvalue weighted by Gasteiger charge is 2.35. The Labute approximate surface area is 120 Å². The summed E-state index contributed by atoms with van der Waals surface area (Å²) >= 11 is 0. The minimum absolute atomic E-state index is 0.737. The lowest BCUT2D eigenvalue weighted by Crippen LogP contribution is -2.56. The normalized spacial score (nSPS) is 42.0. The molecule has 1 saturated carbocycles. The second-order valence-corrected chi connectivity index (χ2v) is 7.06. The summed E-state index contributed by atoms with van der Waals surface area (Å²) in [6.45, 7) is 12.0. The van der Waals surface area contributed by atoms with E-state index < -0.39 is 0 Å². The monoisotopic (exact) mass is 266 g/mol. The van der Waals surface area contributed by atoms with Gasteiger partial charge in [-0.25, -0.2) is 0 Å². The maximum absolute atomic E-state index is 3.68. The molecule has 0 aromatic rings. The maximum atomic E-state index is 3.68. The van der Waals surface area contributed by atoms with Gasteiger partial charge >= 0.3 is 0 Å². The summed E-state index contributed by atoms with van der Waals surface area (Å²) in [5.74, 6) is 1.74. The van der Waals surface area contributed by atoms with E-state index in [2.05, 4.69) is 37.9 Å². The van der Waals surface area contributed by atoms with Crippen LogP contribution in [-0.2, 0) is 0 Å². The van der Waals surface area contributed by atoms with Crippen molar-refractivity contribution < 1.29 is 0 Å². The van der Waals surface area contributed by atoms with Crippen LogP contribution in [0, 0.1) is 11.8 Å². The Morgan fingerprint density at radius 1 is 1.00 bits per heavy atom. The lowest BCUT2D eigenvalue weighted by atomic mass is 9.85. The van der Waals surface area contributed by atoms with Gasteiger partial charge in [-0.05, 0) is 51.0 Å². The molecule has 1 aliphatic carbocycles. The summed E-state index contributed by atoms with van der Waals surface area (Å²) in [5.41, 5.74) is 0. The Balaban J connectivity index is 1.94. The molecule has 0 aromatic heterocycles. The van der Waals surface area contributed by atoms with E-state index in [1.165, 1.54) is 45.1 Å². The van der Waals surface area contributed by atoms with Crippen LogP contribution in [0.3, 0.4) is 0 Å². The molecule has 1 heterocycles. The molecule has 19 heavy (non-hydrogen) atoms. The van der Waals surface area contributed by atoms with E-state index >= 15 is 0 Å². The minimum Gasteiger partial charge on any atom is -0.314 e. The van der Waals surface area contributed by atoms with Crippen LogP contribution in [0.25, 0.3) is 0 Å². The van der Waals surface area contributed by atoms with Crippen LogP contribution in [-0.4, -0.2) is 36.1 Å². The van der Waals surface area contributed by atoms with Crippen molar-refractivity contribution in [1.82, 2.24) is 10.2 Å². The molecule has 1 saturated heterocycles. The van der Waals surface area contributed by atoms with Crippen LogP contribution in [0.2, 0.25) is 0 Å². The summed E-state index contributed by atoms with van der Waals surface area (Å²) in [6, 6.07) is 2.35. The fourth-order valence-corrected chi connectivity index (χ4v) is 4.26. The van der Waals surface area contributed by atoms with Gasteiger partial charge < -0.3 is 5.32 Å². The molecule has 2 nitrogen and oxygen atoms in total. The van der Waals surface area contributed by atoms with Gasteiger partial charge in [0.15, 0.2) is 0 Å². The van der Waals surface area contributed by atoms with Crippen molar-refractivity contribution in [3.63, 3.8) is 0 Å². The largest absolute Gasteiger partial charge is 0.314 e. The maximum Gasteiger partial charge on any atom is 0.0120 e. The number of piperidine rings is 1. The molecule has 0 aromatic carbocycles. The van der Waals surface area contributed by atoms with Crippen molar-refractivity contribution >= 4 is 0 Å². The average molecular weight is 266 g/mol. The quantitative estimate of drug-likeness (QED) is 0.784. The first-order valence-electron chi connectivity index (χ1n) is 8.62. The Kier molecular flexibility index (Phi) is 5.70. The highest BCUT2D eigenvalue weighted by atomic mass is 15.2. The Hall–Kier alpha value is -0.0800. The van der Waals surface area contributed by atoms with Crippen molar-refractivity contribution in [2.24, 2.45) is 11.8 Å². The predicted molar refractivity (Wildman–Crippen MR) is 83.5 cm³/mol. The van der Waals surface area contributed by atoms with Crippen LogP contribution >= 0.6 is 0 Å². The van der Waals surface area contributed by atoms with Crippen molar-refractivity contribution in [1.29, 1.82) is 0 Å². The van der Waals surface area contributed by atoms with E-state index in [9.17, 15) is 0 Å². The molecule has 5 atom stereocenters. The third-order valence-corrected chi connectivity index (χ3v) is 5.78. The molecule has 2 heteroatoms. The van der Waals surface area contributed by atoms with Crippen LogP contribution in [0.5, 0.6) is 0 Å². The van der Waals surface area contributed by atoms with Gasteiger partial charge in [-0.2, -0.15) is 0 Å². The van der Waals surface area contributed by atoms with Gasteiger partial charge in [-0.1, -0.05) is 33.6 Å². The summed E-state index contributed by atoms with van der Waals surface area (Å²) in [5, 5.41) is 3.68. The van der Waals surface area contributed by atoms with Crippen LogP contribution in [0.4, 0.5) is 0 Å². The standard InChI is InChI=1S/C17H34N2/c1-5-18-17-11-12-19(15(4)14(17)3)16-8-6-7-13(2)9-10-16/h13-18H,5-12H2,1-4H3. The zero-order chi connectivity index (χ0) is 13.8. The Bertz CT molecular complexity index is 266. The number of rotatable bonds is 3. The van der Waals surface area contributed by atoms with Gasteiger partial charge in [0.25, 0.3) is 0 Å². The van der Waals surface area contributed by atoms with Gasteiger partial charge in [-0.15, -0.1) is 0 Å². The smallest absolute Gasteiger partial charge is 0.0120 e. The highest BCUT2D eigenvalue weighted by molar-refractivity contribution is 4.92. The molecule has 5 unspecified atom stereocenters. The van der Waals surface area contributed by atoms with Crippen molar-refractivity contribution in [3.8, 4) is 0 Å². The summed E-state index contributed by atoms with van der Waals surface area (Å²) in [6.07, 6.45) is 8.55. The van der Waals surface area contributed by atoms with Crippen molar-refractivity contribution in [2.45, 2.75) is 84.3 Å². The molecule has 1 aliphatic heterocycles. The van der Waals surface area contributed by atoms with Crippen molar-refractivity contribution in [3.05, 3.63) is 0 Å². The molecule has 2 rings (SSSR count). The minimum atomic E-state index is 0.737. The number of nitrogens with one attached hydrogen (secondary N) is 1. The number of hydrogen-bond acceptors (Lipinski definition) is 2. The van der Waals surface area contributed by atoms with Gasteiger partial charge in [0.05, 0.1) is 0 Å². The zero-order valence-electron chi connectivity index (χ0n) is 13.5. The lowest BCUT2D eigenvalue weighted by molar-refractivity contribution is 0.0407. The Morgan fingerprint density at radius 2 is 1.79 bits per heavy atom. The summed E-state index contributed by atoms with van der Waals surface area (Å²) < 4.78 is 0. The molecular weight excluding hydrogens is 232 g/mol. The van der Waals surface area contributed by atoms with Crippen LogP contribution in [0.15, 0.2) is 0 Å². The van der Waals surface area contributed by atoms with E-state index in [1.807, 2.05) is 0 Å². The first-order chi connectivity index (χ1) is 9.13. The molecule has 2 fully saturated rings. The van der Waals surface area contributed by atoms with Crippen molar-refractivity contribution in [2.75, 3.05) is 13.1 Å². The highest BCUT2D eigenvalue weighted by Crippen LogP contribution is 2.32. The van der Waals surface area contributed by atoms with Gasteiger partial charge in [0.2, 0.25) is 0 Å². The third-order valence-electron chi connectivity index (χ3n) is 5.78. The molecule has 0 spiro atoms.